The minimum absolute atomic E-state index is 0.253. The molecule has 1 aromatic heterocycles. The topological polar surface area (TPSA) is 70.6 Å². The molecule has 2 saturated heterocycles. The van der Waals surface area contributed by atoms with E-state index in [4.69, 9.17) is 4.74 Å². The van der Waals surface area contributed by atoms with Crippen molar-refractivity contribution in [2.75, 3.05) is 51.3 Å². The summed E-state index contributed by atoms with van der Waals surface area (Å²) in [7, 11) is 1.67. The summed E-state index contributed by atoms with van der Waals surface area (Å²) >= 11 is 0. The van der Waals surface area contributed by atoms with E-state index in [-0.39, 0.29) is 11.3 Å². The molecule has 0 aliphatic carbocycles. The maximum absolute atomic E-state index is 13.3. The fourth-order valence-electron chi connectivity index (χ4n) is 3.88. The van der Waals surface area contributed by atoms with E-state index in [2.05, 4.69) is 26.3 Å². The van der Waals surface area contributed by atoms with Gasteiger partial charge in [-0.3, -0.25) is 9.78 Å². The number of carbonyl (C=O) groups excluding carboxylic acids is 1. The average Bonchev–Trinajstić information content (AvgIpc) is 2.71. The quantitative estimate of drug-likeness (QED) is 0.849. The molecule has 0 spiro atoms. The minimum atomic E-state index is -0.346. The molecule has 1 amide bonds. The Bertz CT molecular complexity index is 786. The highest BCUT2D eigenvalue weighted by Gasteiger charge is 2.46. The lowest BCUT2D eigenvalue weighted by Crippen LogP contribution is -2.65. The van der Waals surface area contributed by atoms with Crippen LogP contribution in [-0.4, -0.2) is 67.2 Å². The first kappa shape index (κ1) is 17.7. The van der Waals surface area contributed by atoms with Crippen molar-refractivity contribution in [2.24, 2.45) is 5.41 Å². The summed E-state index contributed by atoms with van der Waals surface area (Å²) in [6.07, 6.45) is 5.89. The number of benzene rings is 1. The molecule has 2 fully saturated rings. The van der Waals surface area contributed by atoms with Gasteiger partial charge >= 0.3 is 0 Å². The highest BCUT2D eigenvalue weighted by atomic mass is 16.5. The fourth-order valence-corrected chi connectivity index (χ4v) is 3.88. The van der Waals surface area contributed by atoms with Crippen molar-refractivity contribution in [2.45, 2.75) is 6.42 Å². The van der Waals surface area contributed by atoms with Crippen LogP contribution >= 0.6 is 0 Å². The van der Waals surface area contributed by atoms with E-state index >= 15 is 0 Å². The third kappa shape index (κ3) is 3.60. The summed E-state index contributed by atoms with van der Waals surface area (Å²) in [4.78, 5) is 26.0. The van der Waals surface area contributed by atoms with Gasteiger partial charge in [0.1, 0.15) is 11.6 Å². The van der Waals surface area contributed by atoms with Crippen LogP contribution in [0, 0.1) is 5.41 Å². The Labute approximate surface area is 159 Å². The fraction of sp³-hybridized carbons (Fsp3) is 0.450. The summed E-state index contributed by atoms with van der Waals surface area (Å²) in [6, 6.07) is 8.02. The Hall–Kier alpha value is -2.67. The second-order valence-electron chi connectivity index (χ2n) is 7.26. The number of nitrogens with zero attached hydrogens (tertiary/aromatic N) is 4. The average molecular weight is 367 g/mol. The molecule has 7 nitrogen and oxygen atoms in total. The van der Waals surface area contributed by atoms with Crippen molar-refractivity contribution in [3.8, 4) is 5.75 Å². The normalized spacial score (nSPS) is 18.7. The molecule has 0 saturated carbocycles. The molecular weight excluding hydrogens is 342 g/mol. The van der Waals surface area contributed by atoms with Gasteiger partial charge < -0.3 is 19.9 Å². The second-order valence-corrected chi connectivity index (χ2v) is 7.26. The number of nitrogens with one attached hydrogen (secondary N) is 1. The van der Waals surface area contributed by atoms with Crippen molar-refractivity contribution in [1.29, 1.82) is 0 Å². The predicted octanol–water partition coefficient (Wildman–Crippen LogP) is 0.966. The van der Waals surface area contributed by atoms with Crippen molar-refractivity contribution >= 4 is 11.7 Å². The van der Waals surface area contributed by atoms with Crippen molar-refractivity contribution in [1.82, 2.24) is 20.2 Å². The van der Waals surface area contributed by atoms with Crippen LogP contribution < -0.4 is 15.0 Å². The van der Waals surface area contributed by atoms with Crippen molar-refractivity contribution < 1.29 is 9.53 Å². The number of hydrogen-bond acceptors (Lipinski definition) is 6. The summed E-state index contributed by atoms with van der Waals surface area (Å²) in [6.45, 7) is 4.46. The first-order chi connectivity index (χ1) is 13.2. The molecule has 3 heterocycles. The number of hydrogen-bond donors (Lipinski definition) is 1. The van der Waals surface area contributed by atoms with Crippen LogP contribution in [0.5, 0.6) is 5.75 Å². The Morgan fingerprint density at radius 1 is 1.22 bits per heavy atom. The number of amides is 1. The van der Waals surface area contributed by atoms with Crippen LogP contribution in [-0.2, 0) is 11.2 Å². The number of carbonyl (C=O) groups is 1. The lowest BCUT2D eigenvalue weighted by Gasteiger charge is -2.46. The number of ether oxygens (including phenoxy) is 1. The maximum Gasteiger partial charge on any atom is 0.231 e. The molecule has 1 N–H and O–H groups in total. The smallest absolute Gasteiger partial charge is 0.231 e. The van der Waals surface area contributed by atoms with Gasteiger partial charge in [0.05, 0.1) is 18.7 Å². The third-order valence-electron chi connectivity index (χ3n) is 5.50. The molecule has 7 heteroatoms. The summed E-state index contributed by atoms with van der Waals surface area (Å²) < 4.78 is 5.32. The lowest BCUT2D eigenvalue weighted by atomic mass is 9.75. The molecule has 1 aromatic carbocycles. The van der Waals surface area contributed by atoms with Gasteiger partial charge in [0, 0.05) is 51.7 Å². The number of anilines is 1. The predicted molar refractivity (Wildman–Crippen MR) is 103 cm³/mol. The molecule has 2 aliphatic heterocycles. The maximum atomic E-state index is 13.3. The van der Waals surface area contributed by atoms with Crippen LogP contribution in [0.25, 0.3) is 0 Å². The summed E-state index contributed by atoms with van der Waals surface area (Å²) in [5.74, 6) is 1.96. The van der Waals surface area contributed by atoms with Gasteiger partial charge in [-0.1, -0.05) is 12.1 Å². The third-order valence-corrected chi connectivity index (χ3v) is 5.50. The largest absolute Gasteiger partial charge is 0.497 e. The lowest BCUT2D eigenvalue weighted by molar-refractivity contribution is -0.145. The number of rotatable bonds is 5. The zero-order chi connectivity index (χ0) is 18.7. The molecule has 4 rings (SSSR count). The number of piperazine rings is 1. The number of methoxy groups -OCH3 is 1. The highest BCUT2D eigenvalue weighted by molar-refractivity contribution is 5.85. The van der Waals surface area contributed by atoms with E-state index in [9.17, 15) is 4.79 Å². The Morgan fingerprint density at radius 2 is 2.04 bits per heavy atom. The van der Waals surface area contributed by atoms with Gasteiger partial charge in [0.15, 0.2) is 0 Å². The van der Waals surface area contributed by atoms with Crippen LogP contribution in [0.3, 0.4) is 0 Å². The standard InChI is InChI=1S/C20H25N5O2/c1-27-17-4-2-3-16(11-17)12-20(14-22-15-20)19(26)25-9-7-24(8-10-25)18-13-21-5-6-23-18/h2-6,11,13,22H,7-10,12,14-15H2,1H3. The Kier molecular flexibility index (Phi) is 4.94. The molecule has 0 bridgehead atoms. The van der Waals surface area contributed by atoms with Crippen LogP contribution in [0.2, 0.25) is 0 Å². The molecule has 0 atom stereocenters. The van der Waals surface area contributed by atoms with Gasteiger partial charge in [0.25, 0.3) is 0 Å². The van der Waals surface area contributed by atoms with E-state index in [0.717, 1.165) is 62.8 Å². The van der Waals surface area contributed by atoms with Crippen LogP contribution in [0.4, 0.5) is 5.82 Å². The molecule has 142 valence electrons. The van der Waals surface area contributed by atoms with Gasteiger partial charge in [0.2, 0.25) is 5.91 Å². The van der Waals surface area contributed by atoms with Crippen molar-refractivity contribution in [3.05, 3.63) is 48.4 Å². The Morgan fingerprint density at radius 3 is 2.67 bits per heavy atom. The highest BCUT2D eigenvalue weighted by Crippen LogP contribution is 2.32. The summed E-state index contributed by atoms with van der Waals surface area (Å²) in [5, 5.41) is 3.30. The van der Waals surface area contributed by atoms with Gasteiger partial charge in [-0.25, -0.2) is 4.98 Å². The minimum Gasteiger partial charge on any atom is -0.497 e. The monoisotopic (exact) mass is 367 g/mol. The summed E-state index contributed by atoms with van der Waals surface area (Å²) in [5.41, 5.74) is 0.795. The van der Waals surface area contributed by atoms with E-state index in [1.807, 2.05) is 23.1 Å². The zero-order valence-electron chi connectivity index (χ0n) is 15.6. The molecule has 27 heavy (non-hydrogen) atoms. The molecule has 2 aliphatic rings. The zero-order valence-corrected chi connectivity index (χ0v) is 15.6. The van der Waals surface area contributed by atoms with Crippen LogP contribution in [0.1, 0.15) is 5.56 Å². The molecule has 0 unspecified atom stereocenters. The van der Waals surface area contributed by atoms with Gasteiger partial charge in [-0.15, -0.1) is 0 Å². The van der Waals surface area contributed by atoms with Gasteiger partial charge in [-0.05, 0) is 24.1 Å². The van der Waals surface area contributed by atoms with E-state index in [1.165, 1.54) is 0 Å². The van der Waals surface area contributed by atoms with E-state index < -0.39 is 0 Å². The van der Waals surface area contributed by atoms with Crippen molar-refractivity contribution in [3.63, 3.8) is 0 Å². The van der Waals surface area contributed by atoms with E-state index in [1.54, 1.807) is 25.7 Å². The first-order valence-corrected chi connectivity index (χ1v) is 9.34. The van der Waals surface area contributed by atoms with Crippen LogP contribution in [0.15, 0.2) is 42.9 Å². The molecule has 0 radical (unpaired) electrons. The SMILES string of the molecule is COc1cccc(CC2(C(=O)N3CCN(c4cnccn4)CC3)CNC2)c1. The van der Waals surface area contributed by atoms with E-state index in [0.29, 0.717) is 0 Å². The van der Waals surface area contributed by atoms with Gasteiger partial charge in [-0.2, -0.15) is 0 Å². The second kappa shape index (κ2) is 7.52. The Balaban J connectivity index is 1.42. The number of aromatic nitrogens is 2. The first-order valence-electron chi connectivity index (χ1n) is 9.34. The molecule has 2 aromatic rings. The molecular formula is C20H25N5O2.